The van der Waals surface area contributed by atoms with Crippen LogP contribution in [-0.4, -0.2) is 20.5 Å². The minimum absolute atomic E-state index is 0.315. The maximum Gasteiger partial charge on any atom is 0.261 e. The largest absolute Gasteiger partial charge is 0.322 e. The third-order valence-corrected chi connectivity index (χ3v) is 3.90. The van der Waals surface area contributed by atoms with E-state index in [1.807, 2.05) is 24.3 Å². The van der Waals surface area contributed by atoms with Crippen LogP contribution in [0.3, 0.4) is 0 Å². The van der Waals surface area contributed by atoms with Crippen molar-refractivity contribution in [1.82, 2.24) is 14.6 Å². The number of alkyl halides is 1. The summed E-state index contributed by atoms with van der Waals surface area (Å²) >= 11 is 0. The first-order valence-corrected chi connectivity index (χ1v) is 7.89. The van der Waals surface area contributed by atoms with Crippen molar-refractivity contribution >= 4 is 17.2 Å². The zero-order valence-corrected chi connectivity index (χ0v) is 13.9. The van der Waals surface area contributed by atoms with Gasteiger partial charge in [0.25, 0.3) is 5.91 Å². The number of hydrogen-bond donors (Lipinski definition) is 1. The van der Waals surface area contributed by atoms with E-state index in [2.05, 4.69) is 22.3 Å². The second kappa shape index (κ2) is 6.39. The number of anilines is 1. The highest BCUT2D eigenvalue weighted by Crippen LogP contribution is 2.21. The van der Waals surface area contributed by atoms with Crippen molar-refractivity contribution in [3.05, 3.63) is 59.0 Å². The summed E-state index contributed by atoms with van der Waals surface area (Å²) in [6.45, 7) is 5.28. The van der Waals surface area contributed by atoms with Crippen LogP contribution in [0.1, 0.15) is 47.3 Å². The predicted octanol–water partition coefficient (Wildman–Crippen LogP) is 3.88. The van der Waals surface area contributed by atoms with Crippen molar-refractivity contribution in [2.45, 2.75) is 33.4 Å². The number of carbonyl (C=O) groups excluding carboxylic acids is 1. The fourth-order valence-electron chi connectivity index (χ4n) is 2.58. The molecule has 0 saturated carbocycles. The Labute approximate surface area is 139 Å². The summed E-state index contributed by atoms with van der Waals surface area (Å²) in [6.07, 6.45) is 1.16. The molecule has 1 unspecified atom stereocenters. The number of hydrogen-bond acceptors (Lipinski definition) is 3. The average molecular weight is 326 g/mol. The Morgan fingerprint density at radius 3 is 2.67 bits per heavy atom. The first kappa shape index (κ1) is 16.1. The Morgan fingerprint density at radius 2 is 2.04 bits per heavy atom. The van der Waals surface area contributed by atoms with Crippen molar-refractivity contribution in [1.29, 1.82) is 0 Å². The number of carbonyl (C=O) groups is 1. The van der Waals surface area contributed by atoms with Gasteiger partial charge in [-0.1, -0.05) is 19.1 Å². The Balaban J connectivity index is 1.95. The van der Waals surface area contributed by atoms with Gasteiger partial charge in [0.2, 0.25) is 0 Å². The Kier molecular flexibility index (Phi) is 4.29. The number of aromatic nitrogens is 3. The summed E-state index contributed by atoms with van der Waals surface area (Å²) in [7, 11) is 0. The number of aryl methyl sites for hydroxylation is 2. The van der Waals surface area contributed by atoms with E-state index < -0.39 is 6.17 Å². The van der Waals surface area contributed by atoms with Crippen molar-refractivity contribution in [2.75, 3.05) is 5.32 Å². The molecule has 124 valence electrons. The van der Waals surface area contributed by atoms with Crippen LogP contribution >= 0.6 is 0 Å². The van der Waals surface area contributed by atoms with Crippen molar-refractivity contribution in [3.63, 3.8) is 0 Å². The lowest BCUT2D eigenvalue weighted by Gasteiger charge is -2.08. The molecule has 2 heterocycles. The third-order valence-electron chi connectivity index (χ3n) is 3.90. The molecule has 0 fully saturated rings. The summed E-state index contributed by atoms with van der Waals surface area (Å²) in [6, 6.07) is 9.29. The van der Waals surface area contributed by atoms with Gasteiger partial charge in [-0.3, -0.25) is 4.79 Å². The van der Waals surface area contributed by atoms with Gasteiger partial charge in [0.05, 0.1) is 11.9 Å². The molecule has 3 aromatic rings. The number of nitrogens with zero attached hydrogens (tertiary/aromatic N) is 3. The molecule has 0 radical (unpaired) electrons. The average Bonchev–Trinajstić information content (AvgIpc) is 2.98. The molecule has 1 N–H and O–H groups in total. The summed E-state index contributed by atoms with van der Waals surface area (Å²) in [5, 5.41) is 6.95. The maximum absolute atomic E-state index is 13.8. The van der Waals surface area contributed by atoms with Gasteiger partial charge in [0.15, 0.2) is 5.65 Å². The molecule has 0 spiro atoms. The summed E-state index contributed by atoms with van der Waals surface area (Å²) in [5.41, 5.74) is 3.59. The van der Waals surface area contributed by atoms with Crippen LogP contribution in [-0.2, 0) is 6.42 Å². The number of nitrogens with one attached hydrogen (secondary N) is 1. The molecule has 24 heavy (non-hydrogen) atoms. The molecule has 0 aliphatic carbocycles. The van der Waals surface area contributed by atoms with E-state index in [1.165, 1.54) is 23.2 Å². The molecule has 0 aliphatic heterocycles. The molecule has 0 bridgehead atoms. The van der Waals surface area contributed by atoms with Crippen LogP contribution < -0.4 is 5.32 Å². The molecular formula is C18H19FN4O. The fraction of sp³-hybridized carbons (Fsp3) is 0.278. The van der Waals surface area contributed by atoms with Crippen LogP contribution in [0, 0.1) is 6.92 Å². The van der Waals surface area contributed by atoms with Gasteiger partial charge in [0.1, 0.15) is 11.7 Å². The van der Waals surface area contributed by atoms with Gasteiger partial charge < -0.3 is 5.32 Å². The van der Waals surface area contributed by atoms with Gasteiger partial charge in [-0.15, -0.1) is 0 Å². The Bertz CT molecular complexity index is 884. The van der Waals surface area contributed by atoms with E-state index in [-0.39, 0.29) is 5.91 Å². The number of rotatable bonds is 4. The fourth-order valence-corrected chi connectivity index (χ4v) is 2.58. The summed E-state index contributed by atoms with van der Waals surface area (Å²) < 4.78 is 15.2. The second-order valence-corrected chi connectivity index (χ2v) is 5.74. The standard InChI is InChI=1S/C18H19FN4O/c1-4-13-5-7-14(8-6-13)22-18(24)15-10-20-23-16(12(3)19)9-11(2)21-17(15)23/h5-10,12H,4H2,1-3H3,(H,22,24). The molecule has 1 atom stereocenters. The van der Waals surface area contributed by atoms with Crippen LogP contribution in [0.15, 0.2) is 36.5 Å². The molecular weight excluding hydrogens is 307 g/mol. The molecule has 2 aromatic heterocycles. The highest BCUT2D eigenvalue weighted by Gasteiger charge is 2.18. The van der Waals surface area contributed by atoms with Crippen molar-refractivity contribution in [3.8, 4) is 0 Å². The van der Waals surface area contributed by atoms with Gasteiger partial charge in [-0.25, -0.2) is 13.9 Å². The van der Waals surface area contributed by atoms with Gasteiger partial charge >= 0.3 is 0 Å². The summed E-state index contributed by atoms with van der Waals surface area (Å²) in [4.78, 5) is 16.9. The lowest BCUT2D eigenvalue weighted by molar-refractivity contribution is 0.102. The number of halogens is 1. The zero-order valence-electron chi connectivity index (χ0n) is 13.9. The molecule has 1 amide bonds. The van der Waals surface area contributed by atoms with Crippen LogP contribution in [0.25, 0.3) is 5.65 Å². The Morgan fingerprint density at radius 1 is 1.33 bits per heavy atom. The van der Waals surface area contributed by atoms with Gasteiger partial charge in [0, 0.05) is 11.4 Å². The van der Waals surface area contributed by atoms with Crippen molar-refractivity contribution < 1.29 is 9.18 Å². The third kappa shape index (κ3) is 2.99. The zero-order chi connectivity index (χ0) is 17.3. The topological polar surface area (TPSA) is 59.3 Å². The molecule has 0 saturated heterocycles. The van der Waals surface area contributed by atoms with E-state index in [0.29, 0.717) is 28.3 Å². The number of amides is 1. The Hall–Kier alpha value is -2.76. The smallest absolute Gasteiger partial charge is 0.261 e. The van der Waals surface area contributed by atoms with Crippen LogP contribution in [0.5, 0.6) is 0 Å². The predicted molar refractivity (Wildman–Crippen MR) is 91.0 cm³/mol. The monoisotopic (exact) mass is 326 g/mol. The highest BCUT2D eigenvalue weighted by atomic mass is 19.1. The molecule has 6 heteroatoms. The van der Waals surface area contributed by atoms with Crippen LogP contribution in [0.4, 0.5) is 10.1 Å². The van der Waals surface area contributed by atoms with E-state index in [1.54, 1.807) is 13.0 Å². The summed E-state index contributed by atoms with van der Waals surface area (Å²) in [5.74, 6) is -0.315. The first-order chi connectivity index (χ1) is 11.5. The SMILES string of the molecule is CCc1ccc(NC(=O)c2cnn3c(C(C)F)cc(C)nc23)cc1. The van der Waals surface area contributed by atoms with E-state index in [4.69, 9.17) is 0 Å². The van der Waals surface area contributed by atoms with Crippen molar-refractivity contribution in [2.24, 2.45) is 0 Å². The number of benzene rings is 1. The van der Waals surface area contributed by atoms with E-state index in [9.17, 15) is 9.18 Å². The lowest BCUT2D eigenvalue weighted by atomic mass is 10.1. The first-order valence-electron chi connectivity index (χ1n) is 7.89. The van der Waals surface area contributed by atoms with E-state index in [0.717, 1.165) is 6.42 Å². The highest BCUT2D eigenvalue weighted by molar-refractivity contribution is 6.08. The van der Waals surface area contributed by atoms with Gasteiger partial charge in [-0.2, -0.15) is 5.10 Å². The lowest BCUT2D eigenvalue weighted by Crippen LogP contribution is -2.12. The number of fused-ring (bicyclic) bond motifs is 1. The van der Waals surface area contributed by atoms with Gasteiger partial charge in [-0.05, 0) is 44.0 Å². The second-order valence-electron chi connectivity index (χ2n) is 5.74. The van der Waals surface area contributed by atoms with Crippen LogP contribution in [0.2, 0.25) is 0 Å². The molecule has 3 rings (SSSR count). The molecule has 1 aromatic carbocycles. The molecule has 5 nitrogen and oxygen atoms in total. The quantitative estimate of drug-likeness (QED) is 0.791. The normalized spacial score (nSPS) is 12.3. The minimum atomic E-state index is -1.20. The maximum atomic E-state index is 13.8. The van der Waals surface area contributed by atoms with E-state index >= 15 is 0 Å². The molecule has 0 aliphatic rings. The minimum Gasteiger partial charge on any atom is -0.322 e.